The summed E-state index contributed by atoms with van der Waals surface area (Å²) >= 11 is 0. The molecule has 0 bridgehead atoms. The van der Waals surface area contributed by atoms with E-state index in [0.29, 0.717) is 23.5 Å². The van der Waals surface area contributed by atoms with E-state index in [0.717, 1.165) is 17.4 Å². The van der Waals surface area contributed by atoms with Gasteiger partial charge < -0.3 is 9.84 Å². The second kappa shape index (κ2) is 6.16. The molecule has 0 amide bonds. The Balaban J connectivity index is 2.32. The lowest BCUT2D eigenvalue weighted by atomic mass is 10.1. The van der Waals surface area contributed by atoms with Gasteiger partial charge in [0.2, 0.25) is 0 Å². The van der Waals surface area contributed by atoms with Crippen LogP contribution in [0.4, 0.5) is 0 Å². The van der Waals surface area contributed by atoms with Gasteiger partial charge in [-0.2, -0.15) is 0 Å². The highest BCUT2D eigenvalue weighted by molar-refractivity contribution is 5.76. The Kier molecular flexibility index (Phi) is 4.31. The van der Waals surface area contributed by atoms with Gasteiger partial charge in [-0.25, -0.2) is 0 Å². The van der Waals surface area contributed by atoms with Crippen LogP contribution >= 0.6 is 0 Å². The molecule has 0 aliphatic heterocycles. The summed E-state index contributed by atoms with van der Waals surface area (Å²) in [4.78, 5) is 10.8. The van der Waals surface area contributed by atoms with E-state index in [9.17, 15) is 4.79 Å². The Labute approximate surface area is 112 Å². The third-order valence-corrected chi connectivity index (χ3v) is 2.92. The summed E-state index contributed by atoms with van der Waals surface area (Å²) in [5, 5.41) is 9.05. The van der Waals surface area contributed by atoms with Crippen LogP contribution in [-0.4, -0.2) is 18.0 Å². The minimum Gasteiger partial charge on any atom is -0.457 e. The number of para-hydroxylation sites is 1. The summed E-state index contributed by atoms with van der Waals surface area (Å²) in [6.45, 7) is 2.01. The molecule has 0 radical (unpaired) electrons. The van der Waals surface area contributed by atoms with Gasteiger partial charge in [-0.15, -0.1) is 0 Å². The van der Waals surface area contributed by atoms with E-state index >= 15 is 0 Å². The van der Waals surface area contributed by atoms with Gasteiger partial charge in [0.1, 0.15) is 17.8 Å². The summed E-state index contributed by atoms with van der Waals surface area (Å²) in [7, 11) is 0. The van der Waals surface area contributed by atoms with Crippen molar-refractivity contribution in [2.45, 2.75) is 13.3 Å². The number of aliphatic hydroxyl groups excluding tert-OH is 1. The molecule has 2 rings (SSSR count). The maximum Gasteiger partial charge on any atom is 0.150 e. The van der Waals surface area contributed by atoms with E-state index in [4.69, 9.17) is 9.84 Å². The quantitative estimate of drug-likeness (QED) is 0.836. The Morgan fingerprint density at radius 1 is 1.16 bits per heavy atom. The van der Waals surface area contributed by atoms with E-state index in [2.05, 4.69) is 0 Å². The molecule has 2 aromatic rings. The van der Waals surface area contributed by atoms with Crippen molar-refractivity contribution < 1.29 is 14.6 Å². The Hall–Kier alpha value is -2.13. The third kappa shape index (κ3) is 3.20. The van der Waals surface area contributed by atoms with Crippen molar-refractivity contribution in [2.24, 2.45) is 0 Å². The van der Waals surface area contributed by atoms with E-state index in [-0.39, 0.29) is 6.61 Å². The summed E-state index contributed by atoms with van der Waals surface area (Å²) in [5.74, 6) is 1.37. The molecule has 3 heteroatoms. The highest BCUT2D eigenvalue weighted by Gasteiger charge is 2.07. The topological polar surface area (TPSA) is 46.5 Å². The normalized spacial score (nSPS) is 10.2. The van der Waals surface area contributed by atoms with Gasteiger partial charge >= 0.3 is 0 Å². The Morgan fingerprint density at radius 3 is 2.68 bits per heavy atom. The van der Waals surface area contributed by atoms with Gasteiger partial charge in [0.25, 0.3) is 0 Å². The molecule has 0 saturated heterocycles. The van der Waals surface area contributed by atoms with E-state index in [1.165, 1.54) is 0 Å². The van der Waals surface area contributed by atoms with Crippen LogP contribution in [0.5, 0.6) is 11.5 Å². The summed E-state index contributed by atoms with van der Waals surface area (Å²) < 4.78 is 5.87. The van der Waals surface area contributed by atoms with Crippen molar-refractivity contribution in [2.75, 3.05) is 6.61 Å². The molecule has 0 heterocycles. The standard InChI is InChI=1S/C16H16O3/c1-12-6-7-13(11-18)10-16(12)19-15-5-3-2-4-14(15)8-9-17/h2-7,10-11,17H,8-9H2,1H3. The van der Waals surface area contributed by atoms with Gasteiger partial charge in [0, 0.05) is 12.2 Å². The van der Waals surface area contributed by atoms with Crippen LogP contribution in [0.2, 0.25) is 0 Å². The first-order valence-corrected chi connectivity index (χ1v) is 6.17. The van der Waals surface area contributed by atoms with Gasteiger partial charge in [0.05, 0.1) is 0 Å². The zero-order chi connectivity index (χ0) is 13.7. The molecule has 19 heavy (non-hydrogen) atoms. The molecule has 0 saturated carbocycles. The maximum absolute atomic E-state index is 10.8. The number of aldehydes is 1. The fourth-order valence-corrected chi connectivity index (χ4v) is 1.85. The molecule has 0 aliphatic carbocycles. The molecule has 0 spiro atoms. The van der Waals surface area contributed by atoms with Crippen LogP contribution in [-0.2, 0) is 6.42 Å². The number of rotatable bonds is 5. The second-order valence-electron chi connectivity index (χ2n) is 4.33. The van der Waals surface area contributed by atoms with Crippen molar-refractivity contribution in [1.82, 2.24) is 0 Å². The molecule has 1 N–H and O–H groups in total. The highest BCUT2D eigenvalue weighted by Crippen LogP contribution is 2.28. The minimum atomic E-state index is 0.0771. The summed E-state index contributed by atoms with van der Waals surface area (Å²) in [6.07, 6.45) is 1.34. The van der Waals surface area contributed by atoms with Crippen LogP contribution in [0.25, 0.3) is 0 Å². The monoisotopic (exact) mass is 256 g/mol. The number of carbonyl (C=O) groups is 1. The molecule has 0 aromatic heterocycles. The predicted molar refractivity (Wildman–Crippen MR) is 73.9 cm³/mol. The molecule has 0 fully saturated rings. The van der Waals surface area contributed by atoms with Crippen LogP contribution in [0.3, 0.4) is 0 Å². The molecule has 2 aromatic carbocycles. The van der Waals surface area contributed by atoms with Crippen LogP contribution in [0.15, 0.2) is 42.5 Å². The third-order valence-electron chi connectivity index (χ3n) is 2.92. The van der Waals surface area contributed by atoms with Crippen molar-refractivity contribution in [3.05, 3.63) is 59.2 Å². The van der Waals surface area contributed by atoms with Crippen molar-refractivity contribution >= 4 is 6.29 Å². The van der Waals surface area contributed by atoms with E-state index in [1.54, 1.807) is 12.1 Å². The summed E-state index contributed by atoms with van der Waals surface area (Å²) in [6, 6.07) is 12.9. The molecule has 0 aliphatic rings. The fourth-order valence-electron chi connectivity index (χ4n) is 1.85. The van der Waals surface area contributed by atoms with E-state index < -0.39 is 0 Å². The van der Waals surface area contributed by atoms with Gasteiger partial charge in [-0.1, -0.05) is 30.3 Å². The lowest BCUT2D eigenvalue weighted by molar-refractivity contribution is 0.112. The van der Waals surface area contributed by atoms with Gasteiger partial charge in [-0.3, -0.25) is 4.79 Å². The molecule has 0 atom stereocenters. The number of carbonyl (C=O) groups excluding carboxylic acids is 1. The molecule has 3 nitrogen and oxygen atoms in total. The van der Waals surface area contributed by atoms with Crippen LogP contribution in [0.1, 0.15) is 21.5 Å². The lowest BCUT2D eigenvalue weighted by Crippen LogP contribution is -1.96. The average molecular weight is 256 g/mol. The zero-order valence-corrected chi connectivity index (χ0v) is 10.8. The second-order valence-corrected chi connectivity index (χ2v) is 4.33. The number of aliphatic hydroxyl groups is 1. The first-order valence-electron chi connectivity index (χ1n) is 6.17. The average Bonchev–Trinajstić information content (AvgIpc) is 2.43. The Morgan fingerprint density at radius 2 is 1.95 bits per heavy atom. The van der Waals surface area contributed by atoms with Crippen molar-refractivity contribution in [1.29, 1.82) is 0 Å². The van der Waals surface area contributed by atoms with Crippen molar-refractivity contribution in [3.8, 4) is 11.5 Å². The number of ether oxygens (including phenoxy) is 1. The minimum absolute atomic E-state index is 0.0771. The number of hydrogen-bond donors (Lipinski definition) is 1. The van der Waals surface area contributed by atoms with Crippen LogP contribution in [0, 0.1) is 6.92 Å². The first kappa shape index (κ1) is 13.3. The molecular weight excluding hydrogens is 240 g/mol. The van der Waals surface area contributed by atoms with Crippen molar-refractivity contribution in [3.63, 3.8) is 0 Å². The highest BCUT2D eigenvalue weighted by atomic mass is 16.5. The van der Waals surface area contributed by atoms with Gasteiger partial charge in [0.15, 0.2) is 0 Å². The largest absolute Gasteiger partial charge is 0.457 e. The number of aryl methyl sites for hydroxylation is 1. The Bertz CT molecular complexity index is 576. The predicted octanol–water partition coefficient (Wildman–Crippen LogP) is 3.13. The first-order chi connectivity index (χ1) is 9.24. The molecular formula is C16H16O3. The van der Waals surface area contributed by atoms with Crippen LogP contribution < -0.4 is 4.74 Å². The summed E-state index contributed by atoms with van der Waals surface area (Å²) in [5.41, 5.74) is 2.49. The number of benzene rings is 2. The van der Waals surface area contributed by atoms with Gasteiger partial charge in [-0.05, 0) is 36.6 Å². The maximum atomic E-state index is 10.8. The number of hydrogen-bond acceptors (Lipinski definition) is 3. The van der Waals surface area contributed by atoms with E-state index in [1.807, 2.05) is 37.3 Å². The zero-order valence-electron chi connectivity index (χ0n) is 10.8. The lowest BCUT2D eigenvalue weighted by Gasteiger charge is -2.12. The molecule has 0 unspecified atom stereocenters. The fraction of sp³-hybridized carbons (Fsp3) is 0.188. The molecule has 98 valence electrons. The SMILES string of the molecule is Cc1ccc(C=O)cc1Oc1ccccc1CCO. The smallest absolute Gasteiger partial charge is 0.150 e.